The van der Waals surface area contributed by atoms with Crippen molar-refractivity contribution in [3.8, 4) is 0 Å². The van der Waals surface area contributed by atoms with E-state index in [0.717, 1.165) is 17.7 Å². The summed E-state index contributed by atoms with van der Waals surface area (Å²) in [6.45, 7) is 1.09. The van der Waals surface area contributed by atoms with E-state index in [9.17, 15) is 8.42 Å². The molecule has 1 aliphatic rings. The summed E-state index contributed by atoms with van der Waals surface area (Å²) in [4.78, 5) is 1.16. The molecule has 0 bridgehead atoms. The van der Waals surface area contributed by atoms with Crippen LogP contribution in [0, 0.1) is 0 Å². The van der Waals surface area contributed by atoms with Gasteiger partial charge in [-0.05, 0) is 44.3 Å². The van der Waals surface area contributed by atoms with Crippen molar-refractivity contribution in [1.82, 2.24) is 9.62 Å². The third kappa shape index (κ3) is 4.27. The first-order valence-corrected chi connectivity index (χ1v) is 9.54. The molecule has 120 valence electrons. The average Bonchev–Trinajstić information content (AvgIpc) is 2.47. The monoisotopic (exact) mass is 370 g/mol. The summed E-state index contributed by atoms with van der Waals surface area (Å²) >= 11 is 7.62. The highest BCUT2D eigenvalue weighted by Crippen LogP contribution is 2.29. The molecule has 0 radical (unpaired) electrons. The van der Waals surface area contributed by atoms with Crippen molar-refractivity contribution in [3.63, 3.8) is 0 Å². The van der Waals surface area contributed by atoms with E-state index in [-0.39, 0.29) is 23.3 Å². The van der Waals surface area contributed by atoms with E-state index in [4.69, 9.17) is 11.6 Å². The molecule has 0 spiro atoms. The minimum absolute atomic E-state index is 0. The predicted octanol–water partition coefficient (Wildman–Crippen LogP) is 2.86. The quantitative estimate of drug-likeness (QED) is 0.827. The maximum atomic E-state index is 12.6. The van der Waals surface area contributed by atoms with Gasteiger partial charge in [0.1, 0.15) is 0 Å². The Labute approximate surface area is 142 Å². The third-order valence-electron chi connectivity index (χ3n) is 3.55. The van der Waals surface area contributed by atoms with Crippen LogP contribution in [0.1, 0.15) is 12.8 Å². The second-order valence-corrected chi connectivity index (χ2v) is 7.98. The number of thioether (sulfide) groups is 1. The molecule has 1 aliphatic heterocycles. The van der Waals surface area contributed by atoms with E-state index in [2.05, 4.69) is 5.32 Å². The summed E-state index contributed by atoms with van der Waals surface area (Å²) in [7, 11) is -1.59. The highest BCUT2D eigenvalue weighted by atomic mass is 35.5. The summed E-state index contributed by atoms with van der Waals surface area (Å²) in [6, 6.07) is 5.17. The van der Waals surface area contributed by atoms with Gasteiger partial charge in [-0.1, -0.05) is 11.6 Å². The van der Waals surface area contributed by atoms with E-state index < -0.39 is 10.0 Å². The van der Waals surface area contributed by atoms with E-state index in [1.807, 2.05) is 13.3 Å². The van der Waals surface area contributed by atoms with Crippen LogP contribution < -0.4 is 5.32 Å². The summed E-state index contributed by atoms with van der Waals surface area (Å²) < 4.78 is 26.8. The largest absolute Gasteiger partial charge is 0.316 e. The molecule has 1 heterocycles. The molecule has 1 fully saturated rings. The number of piperidine rings is 1. The maximum absolute atomic E-state index is 12.6. The van der Waals surface area contributed by atoms with Crippen molar-refractivity contribution in [1.29, 1.82) is 0 Å². The summed E-state index contributed by atoms with van der Waals surface area (Å²) in [5, 5.41) is 3.64. The van der Waals surface area contributed by atoms with Gasteiger partial charge in [0.25, 0.3) is 0 Å². The van der Waals surface area contributed by atoms with Crippen LogP contribution in [0.4, 0.5) is 0 Å². The molecule has 0 saturated carbocycles. The van der Waals surface area contributed by atoms with Crippen molar-refractivity contribution in [2.75, 3.05) is 26.4 Å². The molecule has 0 aromatic heterocycles. The Morgan fingerprint density at radius 2 is 2.14 bits per heavy atom. The molecule has 1 atom stereocenters. The van der Waals surface area contributed by atoms with E-state index in [1.165, 1.54) is 11.8 Å². The number of hydrogen-bond acceptors (Lipinski definition) is 4. The first-order valence-electron chi connectivity index (χ1n) is 6.50. The molecule has 0 amide bonds. The predicted molar refractivity (Wildman–Crippen MR) is 91.3 cm³/mol. The van der Waals surface area contributed by atoms with Crippen LogP contribution in [0.25, 0.3) is 0 Å². The molecule has 0 aliphatic carbocycles. The number of likely N-dealkylation sites (N-methyl/N-ethyl adjacent to an activating group) is 1. The van der Waals surface area contributed by atoms with Crippen LogP contribution in [0.15, 0.2) is 28.0 Å². The molecule has 8 heteroatoms. The number of sulfonamides is 1. The van der Waals surface area contributed by atoms with Crippen LogP contribution >= 0.6 is 35.8 Å². The standard InChI is InChI=1S/C13H19ClN2O2S2.ClH/c1-15-10-4-3-7-16(9-10)20(17,18)11-5-6-13(19-2)12(14)8-11;/h5-6,8,10,15H,3-4,7,9H2,1-2H3;1H. The summed E-state index contributed by atoms with van der Waals surface area (Å²) in [5.74, 6) is 0. The molecule has 21 heavy (non-hydrogen) atoms. The number of hydrogen-bond donors (Lipinski definition) is 1. The first kappa shape index (κ1) is 19.1. The third-order valence-corrected chi connectivity index (χ3v) is 6.64. The Morgan fingerprint density at radius 3 is 2.71 bits per heavy atom. The minimum atomic E-state index is -3.45. The van der Waals surface area contributed by atoms with Crippen molar-refractivity contribution < 1.29 is 8.42 Å². The molecule has 4 nitrogen and oxygen atoms in total. The van der Waals surface area contributed by atoms with Gasteiger partial charge in [-0.2, -0.15) is 4.31 Å². The van der Waals surface area contributed by atoms with Crippen molar-refractivity contribution >= 4 is 45.8 Å². The second kappa shape index (κ2) is 8.04. The number of halogens is 2. The number of nitrogens with zero attached hydrogens (tertiary/aromatic N) is 1. The van der Waals surface area contributed by atoms with Gasteiger partial charge in [-0.25, -0.2) is 8.42 Å². The van der Waals surface area contributed by atoms with E-state index in [0.29, 0.717) is 18.1 Å². The zero-order chi connectivity index (χ0) is 14.8. The van der Waals surface area contributed by atoms with Crippen LogP contribution in [-0.2, 0) is 10.0 Å². The molecular formula is C13H20Cl2N2O2S2. The lowest BCUT2D eigenvalue weighted by molar-refractivity contribution is 0.293. The topological polar surface area (TPSA) is 49.4 Å². The Hall–Kier alpha value is 0.0200. The fourth-order valence-electron chi connectivity index (χ4n) is 2.35. The van der Waals surface area contributed by atoms with Gasteiger partial charge in [0, 0.05) is 24.0 Å². The van der Waals surface area contributed by atoms with Gasteiger partial charge in [0.15, 0.2) is 0 Å². The number of nitrogens with one attached hydrogen (secondary N) is 1. The number of rotatable bonds is 4. The van der Waals surface area contributed by atoms with Gasteiger partial charge in [0.05, 0.1) is 9.92 Å². The molecule has 1 N–H and O–H groups in total. The molecule has 1 aromatic carbocycles. The molecule has 1 aromatic rings. The first-order chi connectivity index (χ1) is 9.48. The molecule has 1 saturated heterocycles. The molecule has 1 unspecified atom stereocenters. The molecular weight excluding hydrogens is 351 g/mol. The van der Waals surface area contributed by atoms with Crippen molar-refractivity contribution in [3.05, 3.63) is 23.2 Å². The lowest BCUT2D eigenvalue weighted by atomic mass is 10.1. The molecule has 2 rings (SSSR count). The average molecular weight is 371 g/mol. The minimum Gasteiger partial charge on any atom is -0.316 e. The Kier molecular flexibility index (Phi) is 7.30. The van der Waals surface area contributed by atoms with Crippen LogP contribution in [0.2, 0.25) is 5.02 Å². The van der Waals surface area contributed by atoms with Crippen LogP contribution in [0.5, 0.6) is 0 Å². The normalized spacial score (nSPS) is 20.0. The zero-order valence-electron chi connectivity index (χ0n) is 12.0. The summed E-state index contributed by atoms with van der Waals surface area (Å²) in [5.41, 5.74) is 0. The zero-order valence-corrected chi connectivity index (χ0v) is 15.2. The Balaban J connectivity index is 0.00000220. The van der Waals surface area contributed by atoms with Gasteiger partial charge in [-0.3, -0.25) is 0 Å². The van der Waals surface area contributed by atoms with Gasteiger partial charge >= 0.3 is 0 Å². The number of benzene rings is 1. The Bertz CT molecular complexity index is 582. The van der Waals surface area contributed by atoms with E-state index >= 15 is 0 Å². The van der Waals surface area contributed by atoms with Crippen LogP contribution in [-0.4, -0.2) is 45.2 Å². The van der Waals surface area contributed by atoms with E-state index in [1.54, 1.807) is 22.5 Å². The SMILES string of the molecule is CNC1CCCN(S(=O)(=O)c2ccc(SC)c(Cl)c2)C1.Cl. The van der Waals surface area contributed by atoms with Crippen molar-refractivity contribution in [2.24, 2.45) is 0 Å². The van der Waals surface area contributed by atoms with Gasteiger partial charge in [0.2, 0.25) is 10.0 Å². The smallest absolute Gasteiger partial charge is 0.243 e. The fraction of sp³-hybridized carbons (Fsp3) is 0.538. The summed E-state index contributed by atoms with van der Waals surface area (Å²) in [6.07, 6.45) is 3.80. The highest BCUT2D eigenvalue weighted by molar-refractivity contribution is 7.98. The maximum Gasteiger partial charge on any atom is 0.243 e. The highest BCUT2D eigenvalue weighted by Gasteiger charge is 2.29. The lowest BCUT2D eigenvalue weighted by Crippen LogP contribution is -2.46. The fourth-order valence-corrected chi connectivity index (χ4v) is 4.84. The van der Waals surface area contributed by atoms with Gasteiger partial charge in [-0.15, -0.1) is 24.2 Å². The van der Waals surface area contributed by atoms with Crippen molar-refractivity contribution in [2.45, 2.75) is 28.7 Å². The Morgan fingerprint density at radius 1 is 1.43 bits per heavy atom. The van der Waals surface area contributed by atoms with Gasteiger partial charge < -0.3 is 5.32 Å². The van der Waals surface area contributed by atoms with Crippen LogP contribution in [0.3, 0.4) is 0 Å². The second-order valence-electron chi connectivity index (χ2n) is 4.79. The lowest BCUT2D eigenvalue weighted by Gasteiger charge is -2.31.